The molecule has 0 aliphatic carbocycles. The summed E-state index contributed by atoms with van der Waals surface area (Å²) in [6, 6.07) is 0. The van der Waals surface area contributed by atoms with E-state index in [1.165, 1.54) is 11.8 Å². The average molecular weight is 126 g/mol. The van der Waals surface area contributed by atoms with E-state index >= 15 is 0 Å². The highest BCUT2D eigenvalue weighted by Gasteiger charge is 2.01. The summed E-state index contributed by atoms with van der Waals surface area (Å²) in [6.45, 7) is 0. The van der Waals surface area contributed by atoms with Gasteiger partial charge in [-0.05, 0) is 17.1 Å². The molecule has 0 fully saturated rings. The van der Waals surface area contributed by atoms with Crippen LogP contribution in [0.2, 0.25) is 0 Å². The van der Waals surface area contributed by atoms with E-state index in [4.69, 9.17) is 5.41 Å². The maximum absolute atomic E-state index is 9.95. The third kappa shape index (κ3) is 0.924. The van der Waals surface area contributed by atoms with Crippen molar-refractivity contribution in [3.8, 4) is 0 Å². The van der Waals surface area contributed by atoms with Crippen molar-refractivity contribution < 1.29 is 5.11 Å². The summed E-state index contributed by atoms with van der Waals surface area (Å²) >= 11 is 1.19. The fourth-order valence-electron chi connectivity index (χ4n) is 0.416. The molecule has 1 rings (SSSR count). The molecule has 1 aliphatic heterocycles. The molecule has 0 saturated carbocycles. The van der Waals surface area contributed by atoms with Gasteiger partial charge in [0.25, 0.3) is 0 Å². The Bertz CT molecular complexity index is 171. The second-order valence-corrected chi connectivity index (χ2v) is 2.44. The maximum atomic E-state index is 9.95. The lowest BCUT2D eigenvalue weighted by Crippen LogP contribution is -1.86. The Kier molecular flexibility index (Phi) is 1.39. The fraction of sp³-hybridized carbons (Fsp3) is 0. The molecule has 2 nitrogen and oxygen atoms in total. The molecular weight excluding hydrogens is 122 g/mol. The van der Waals surface area contributed by atoms with Crippen molar-refractivity contribution in [2.45, 2.75) is 0 Å². The monoisotopic (exact) mass is 126 g/mol. The molecule has 0 atom stereocenters. The molecule has 0 amide bonds. The molecule has 1 N–H and O–H groups in total. The standard InChI is InChI=1S/C5H5NOS/c6-5-2-1-4(3-7)8-5/h1-3,6-7H/p-1. The SMILES string of the molecule is N=C1C=CC(=C[O-])S1. The Morgan fingerprint density at radius 2 is 2.38 bits per heavy atom. The van der Waals surface area contributed by atoms with E-state index in [2.05, 4.69) is 0 Å². The van der Waals surface area contributed by atoms with E-state index in [1.807, 2.05) is 0 Å². The highest BCUT2D eigenvalue weighted by atomic mass is 32.2. The Morgan fingerprint density at radius 1 is 1.62 bits per heavy atom. The third-order valence-corrected chi connectivity index (χ3v) is 1.57. The van der Waals surface area contributed by atoms with Gasteiger partial charge in [-0.25, -0.2) is 0 Å². The zero-order chi connectivity index (χ0) is 5.98. The first-order valence-corrected chi connectivity index (χ1v) is 2.91. The minimum Gasteiger partial charge on any atom is -0.877 e. The van der Waals surface area contributed by atoms with Crippen LogP contribution in [0.15, 0.2) is 23.3 Å². The molecule has 0 aromatic heterocycles. The van der Waals surface area contributed by atoms with Gasteiger partial charge in [-0.3, -0.25) is 5.41 Å². The van der Waals surface area contributed by atoms with Gasteiger partial charge >= 0.3 is 0 Å². The van der Waals surface area contributed by atoms with Crippen LogP contribution < -0.4 is 5.11 Å². The molecule has 3 heteroatoms. The Hall–Kier alpha value is -0.700. The molecule has 0 aromatic rings. The second kappa shape index (κ2) is 2.05. The number of rotatable bonds is 0. The van der Waals surface area contributed by atoms with Crippen molar-refractivity contribution in [2.75, 3.05) is 0 Å². The first-order chi connectivity index (χ1) is 3.83. The normalized spacial score (nSPS) is 23.0. The minimum absolute atomic E-state index is 0.437. The lowest BCUT2D eigenvalue weighted by atomic mass is 10.5. The molecule has 0 aromatic carbocycles. The molecule has 1 aliphatic rings. The van der Waals surface area contributed by atoms with E-state index in [0.717, 1.165) is 6.26 Å². The Labute approximate surface area is 51.4 Å². The first-order valence-electron chi connectivity index (χ1n) is 2.09. The third-order valence-electron chi connectivity index (χ3n) is 0.743. The van der Waals surface area contributed by atoms with Crippen LogP contribution in [-0.2, 0) is 0 Å². The van der Waals surface area contributed by atoms with Crippen molar-refractivity contribution in [3.05, 3.63) is 23.3 Å². The van der Waals surface area contributed by atoms with E-state index < -0.39 is 0 Å². The molecule has 0 radical (unpaired) electrons. The van der Waals surface area contributed by atoms with Crippen molar-refractivity contribution >= 4 is 16.8 Å². The van der Waals surface area contributed by atoms with Gasteiger partial charge in [-0.15, -0.1) is 6.26 Å². The summed E-state index contributed by atoms with van der Waals surface area (Å²) in [6.07, 6.45) is 4.00. The molecule has 0 saturated heterocycles. The highest BCUT2D eigenvalue weighted by Crippen LogP contribution is 2.23. The van der Waals surface area contributed by atoms with Gasteiger partial charge in [0, 0.05) is 0 Å². The topological polar surface area (TPSA) is 46.9 Å². The van der Waals surface area contributed by atoms with Crippen LogP contribution in [0.3, 0.4) is 0 Å². The van der Waals surface area contributed by atoms with Gasteiger partial charge in [0.2, 0.25) is 0 Å². The van der Waals surface area contributed by atoms with Crippen molar-refractivity contribution in [3.63, 3.8) is 0 Å². The van der Waals surface area contributed by atoms with Crippen molar-refractivity contribution in [1.29, 1.82) is 5.41 Å². The van der Waals surface area contributed by atoms with Gasteiger partial charge in [-0.2, -0.15) is 0 Å². The fourth-order valence-corrected chi connectivity index (χ4v) is 0.990. The molecule has 0 bridgehead atoms. The van der Waals surface area contributed by atoms with E-state index in [-0.39, 0.29) is 0 Å². The summed E-state index contributed by atoms with van der Waals surface area (Å²) in [5.41, 5.74) is 0. The predicted octanol–water partition coefficient (Wildman–Crippen LogP) is 0.468. The Balaban J connectivity index is 2.73. The Morgan fingerprint density at radius 3 is 2.62 bits per heavy atom. The molecule has 0 spiro atoms. The molecule has 42 valence electrons. The van der Waals surface area contributed by atoms with E-state index in [9.17, 15) is 5.11 Å². The van der Waals surface area contributed by atoms with Gasteiger partial charge in [0.05, 0.1) is 5.04 Å². The lowest BCUT2D eigenvalue weighted by molar-refractivity contribution is -0.275. The molecule has 0 unspecified atom stereocenters. The zero-order valence-corrected chi connectivity index (χ0v) is 4.87. The molecule has 1 heterocycles. The highest BCUT2D eigenvalue weighted by molar-refractivity contribution is 8.18. The predicted molar refractivity (Wildman–Crippen MR) is 32.5 cm³/mol. The summed E-state index contributed by atoms with van der Waals surface area (Å²) in [5.74, 6) is 0. The van der Waals surface area contributed by atoms with Gasteiger partial charge in [0.1, 0.15) is 0 Å². The zero-order valence-electron chi connectivity index (χ0n) is 4.05. The number of nitrogens with one attached hydrogen (secondary N) is 1. The van der Waals surface area contributed by atoms with Crippen LogP contribution >= 0.6 is 11.8 Å². The molecule has 8 heavy (non-hydrogen) atoms. The summed E-state index contributed by atoms with van der Waals surface area (Å²) in [7, 11) is 0. The van der Waals surface area contributed by atoms with Crippen LogP contribution in [0.4, 0.5) is 0 Å². The summed E-state index contributed by atoms with van der Waals surface area (Å²) in [4.78, 5) is 0.620. The quantitative estimate of drug-likeness (QED) is 0.479. The van der Waals surface area contributed by atoms with Crippen LogP contribution in [0, 0.1) is 5.41 Å². The number of hydrogen-bond acceptors (Lipinski definition) is 3. The number of thioether (sulfide) groups is 1. The molecular formula is C5H4NOS-. The van der Waals surface area contributed by atoms with Gasteiger partial charge in [-0.1, -0.05) is 11.8 Å². The van der Waals surface area contributed by atoms with Crippen LogP contribution in [-0.4, -0.2) is 5.04 Å². The average Bonchev–Trinajstić information content (AvgIpc) is 2.14. The van der Waals surface area contributed by atoms with Crippen LogP contribution in [0.25, 0.3) is 0 Å². The maximum Gasteiger partial charge on any atom is 0.0917 e. The minimum atomic E-state index is 0.437. The lowest BCUT2D eigenvalue weighted by Gasteiger charge is -1.93. The van der Waals surface area contributed by atoms with Crippen molar-refractivity contribution in [1.82, 2.24) is 0 Å². The second-order valence-electron chi connectivity index (χ2n) is 1.32. The summed E-state index contributed by atoms with van der Waals surface area (Å²) in [5, 5.41) is 17.4. The smallest absolute Gasteiger partial charge is 0.0917 e. The summed E-state index contributed by atoms with van der Waals surface area (Å²) < 4.78 is 0. The van der Waals surface area contributed by atoms with E-state index in [1.54, 1.807) is 12.2 Å². The number of allylic oxidation sites excluding steroid dienone is 1. The van der Waals surface area contributed by atoms with Crippen LogP contribution in [0.5, 0.6) is 0 Å². The van der Waals surface area contributed by atoms with Gasteiger partial charge < -0.3 is 5.11 Å². The first kappa shape index (κ1) is 5.44. The number of hydrogen-bond donors (Lipinski definition) is 1. The van der Waals surface area contributed by atoms with Gasteiger partial charge in [0.15, 0.2) is 0 Å². The van der Waals surface area contributed by atoms with Crippen molar-refractivity contribution in [2.24, 2.45) is 0 Å². The van der Waals surface area contributed by atoms with E-state index in [0.29, 0.717) is 9.95 Å². The largest absolute Gasteiger partial charge is 0.877 e. The van der Waals surface area contributed by atoms with Crippen LogP contribution in [0.1, 0.15) is 0 Å².